The Kier molecular flexibility index (Phi) is 7.24. The first-order valence-electron chi connectivity index (χ1n) is 10.1. The summed E-state index contributed by atoms with van der Waals surface area (Å²) in [6, 6.07) is 22.4. The van der Waals surface area contributed by atoms with Crippen molar-refractivity contribution in [3.63, 3.8) is 0 Å². The fourth-order valence-corrected chi connectivity index (χ4v) is 4.19. The van der Waals surface area contributed by atoms with E-state index < -0.39 is 0 Å². The average molecular weight is 410 g/mol. The Labute approximate surface area is 178 Å². The first-order chi connectivity index (χ1) is 13.7. The molecular weight excluding hydrogens is 382 g/mol. The summed E-state index contributed by atoms with van der Waals surface area (Å²) in [6.07, 6.45) is 3.94. The van der Waals surface area contributed by atoms with Crippen molar-refractivity contribution in [2.45, 2.75) is 32.4 Å². The normalized spacial score (nSPS) is 16.2. The number of hydrogen-bond acceptors (Lipinski definition) is 3. The summed E-state index contributed by atoms with van der Waals surface area (Å²) < 4.78 is 1.69. The van der Waals surface area contributed by atoms with Crippen LogP contribution < -0.4 is 5.56 Å². The zero-order chi connectivity index (χ0) is 19.3. The van der Waals surface area contributed by atoms with Crippen LogP contribution in [0.15, 0.2) is 77.7 Å². The van der Waals surface area contributed by atoms with Crippen molar-refractivity contribution < 1.29 is 0 Å². The molecule has 0 N–H and O–H groups in total. The van der Waals surface area contributed by atoms with Gasteiger partial charge in [-0.3, -0.25) is 9.69 Å². The van der Waals surface area contributed by atoms with E-state index in [1.54, 1.807) is 10.9 Å². The van der Waals surface area contributed by atoms with Gasteiger partial charge in [-0.25, -0.2) is 4.68 Å². The van der Waals surface area contributed by atoms with Crippen LogP contribution in [0.5, 0.6) is 0 Å². The summed E-state index contributed by atoms with van der Waals surface area (Å²) in [5.41, 5.74) is 3.05. The lowest BCUT2D eigenvalue weighted by Crippen LogP contribution is -2.38. The molecule has 0 aliphatic carbocycles. The van der Waals surface area contributed by atoms with Gasteiger partial charge in [-0.05, 0) is 56.0 Å². The number of aromatic nitrogens is 2. The van der Waals surface area contributed by atoms with Crippen molar-refractivity contribution in [1.82, 2.24) is 14.7 Å². The maximum Gasteiger partial charge on any atom is 0.274 e. The van der Waals surface area contributed by atoms with Gasteiger partial charge in [0.1, 0.15) is 0 Å². The number of benzene rings is 2. The minimum Gasteiger partial charge on any atom is -0.299 e. The highest BCUT2D eigenvalue weighted by molar-refractivity contribution is 5.85. The molecule has 5 heteroatoms. The second-order valence-electron chi connectivity index (χ2n) is 7.70. The van der Waals surface area contributed by atoms with Gasteiger partial charge in [-0.15, -0.1) is 12.4 Å². The minimum atomic E-state index is 0. The Morgan fingerprint density at radius 3 is 2.24 bits per heavy atom. The second kappa shape index (κ2) is 9.86. The molecule has 3 aromatic rings. The fraction of sp³-hybridized carbons (Fsp3) is 0.333. The Balaban J connectivity index is 0.00000240. The molecule has 0 saturated carbocycles. The minimum absolute atomic E-state index is 0. The van der Waals surface area contributed by atoms with Crippen LogP contribution in [0.3, 0.4) is 0 Å². The Morgan fingerprint density at radius 2 is 1.59 bits per heavy atom. The van der Waals surface area contributed by atoms with Crippen LogP contribution in [0.1, 0.15) is 31.4 Å². The van der Waals surface area contributed by atoms with Crippen molar-refractivity contribution in [3.8, 4) is 11.1 Å². The summed E-state index contributed by atoms with van der Waals surface area (Å²) >= 11 is 0. The summed E-state index contributed by atoms with van der Waals surface area (Å²) in [6.45, 7) is 5.28. The van der Waals surface area contributed by atoms with E-state index in [0.29, 0.717) is 5.92 Å². The van der Waals surface area contributed by atoms with Crippen LogP contribution in [-0.2, 0) is 6.54 Å². The van der Waals surface area contributed by atoms with Crippen LogP contribution in [0.4, 0.5) is 0 Å². The third kappa shape index (κ3) is 4.95. The first kappa shape index (κ1) is 21.3. The molecule has 0 amide bonds. The molecule has 1 saturated heterocycles. The van der Waals surface area contributed by atoms with Gasteiger partial charge < -0.3 is 0 Å². The topological polar surface area (TPSA) is 38.1 Å². The third-order valence-corrected chi connectivity index (χ3v) is 5.90. The number of nitrogens with zero attached hydrogens (tertiary/aromatic N) is 3. The molecule has 2 heterocycles. The van der Waals surface area contributed by atoms with Crippen molar-refractivity contribution in [3.05, 3.63) is 88.8 Å². The lowest BCUT2D eigenvalue weighted by atomic mass is 9.90. The van der Waals surface area contributed by atoms with E-state index in [9.17, 15) is 4.79 Å². The first-order valence-corrected chi connectivity index (χ1v) is 10.1. The van der Waals surface area contributed by atoms with Crippen LogP contribution in [0.2, 0.25) is 0 Å². The quantitative estimate of drug-likeness (QED) is 0.607. The monoisotopic (exact) mass is 409 g/mol. The summed E-state index contributed by atoms with van der Waals surface area (Å²) in [4.78, 5) is 15.6. The molecule has 1 fully saturated rings. The molecule has 29 heavy (non-hydrogen) atoms. The largest absolute Gasteiger partial charge is 0.299 e. The highest BCUT2D eigenvalue weighted by Gasteiger charge is 2.26. The molecule has 1 atom stereocenters. The predicted octanol–water partition coefficient (Wildman–Crippen LogP) is 4.81. The SMILES string of the molecule is CC(C1CCN(Cc2ccccc2)CC1)n1nccc(-c2ccccc2)c1=O.Cl. The number of hydrogen-bond donors (Lipinski definition) is 0. The molecule has 4 rings (SSSR count). The van der Waals surface area contributed by atoms with Crippen molar-refractivity contribution in [2.24, 2.45) is 5.92 Å². The number of piperidine rings is 1. The average Bonchev–Trinajstić information content (AvgIpc) is 2.75. The predicted molar refractivity (Wildman–Crippen MR) is 120 cm³/mol. The van der Waals surface area contributed by atoms with Gasteiger partial charge in [-0.2, -0.15) is 5.10 Å². The van der Waals surface area contributed by atoms with E-state index in [1.165, 1.54) is 5.56 Å². The van der Waals surface area contributed by atoms with Crippen LogP contribution >= 0.6 is 12.4 Å². The lowest BCUT2D eigenvalue weighted by Gasteiger charge is -2.35. The standard InChI is InChI=1S/C24H27N3O.ClH/c1-19(21-13-16-26(17-14-21)18-20-8-4-2-5-9-20)27-24(28)23(12-15-25-27)22-10-6-3-7-11-22;/h2-12,15,19,21H,13-14,16-18H2,1H3;1H. The summed E-state index contributed by atoms with van der Waals surface area (Å²) in [7, 11) is 0. The number of likely N-dealkylation sites (tertiary alicyclic amines) is 1. The van der Waals surface area contributed by atoms with E-state index in [-0.39, 0.29) is 24.0 Å². The van der Waals surface area contributed by atoms with Gasteiger partial charge in [0.05, 0.1) is 11.6 Å². The lowest BCUT2D eigenvalue weighted by molar-refractivity contribution is 0.142. The number of rotatable bonds is 5. The zero-order valence-electron chi connectivity index (χ0n) is 16.8. The zero-order valence-corrected chi connectivity index (χ0v) is 17.6. The van der Waals surface area contributed by atoms with Gasteiger partial charge in [0.25, 0.3) is 5.56 Å². The van der Waals surface area contributed by atoms with Crippen molar-refractivity contribution in [1.29, 1.82) is 0 Å². The summed E-state index contributed by atoms with van der Waals surface area (Å²) in [5, 5.41) is 4.42. The highest BCUT2D eigenvalue weighted by Crippen LogP contribution is 2.28. The molecule has 2 aromatic carbocycles. The Bertz CT molecular complexity index is 951. The van der Waals surface area contributed by atoms with Crippen LogP contribution in [-0.4, -0.2) is 27.8 Å². The molecule has 152 valence electrons. The molecule has 0 bridgehead atoms. The molecule has 1 unspecified atom stereocenters. The molecule has 1 aliphatic rings. The Hall–Kier alpha value is -2.43. The maximum absolute atomic E-state index is 13.0. The molecule has 1 aromatic heterocycles. The third-order valence-electron chi connectivity index (χ3n) is 5.90. The van der Waals surface area contributed by atoms with Gasteiger partial charge >= 0.3 is 0 Å². The smallest absolute Gasteiger partial charge is 0.274 e. The van der Waals surface area contributed by atoms with E-state index in [4.69, 9.17) is 0 Å². The van der Waals surface area contributed by atoms with E-state index in [2.05, 4.69) is 47.3 Å². The summed E-state index contributed by atoms with van der Waals surface area (Å²) in [5.74, 6) is 0.475. The van der Waals surface area contributed by atoms with Crippen molar-refractivity contribution in [2.75, 3.05) is 13.1 Å². The van der Waals surface area contributed by atoms with Gasteiger partial charge in [0, 0.05) is 12.7 Å². The van der Waals surface area contributed by atoms with Crippen LogP contribution in [0, 0.1) is 5.92 Å². The molecule has 0 spiro atoms. The van der Waals surface area contributed by atoms with Crippen molar-refractivity contribution >= 4 is 12.4 Å². The molecular formula is C24H28ClN3O. The Morgan fingerprint density at radius 1 is 0.966 bits per heavy atom. The van der Waals surface area contributed by atoms with E-state index in [0.717, 1.165) is 43.6 Å². The van der Waals surface area contributed by atoms with E-state index >= 15 is 0 Å². The molecule has 4 nitrogen and oxygen atoms in total. The van der Waals surface area contributed by atoms with E-state index in [1.807, 2.05) is 36.4 Å². The molecule has 0 radical (unpaired) electrons. The second-order valence-corrected chi connectivity index (χ2v) is 7.70. The van der Waals surface area contributed by atoms with Gasteiger partial charge in [0.15, 0.2) is 0 Å². The fourth-order valence-electron chi connectivity index (χ4n) is 4.19. The van der Waals surface area contributed by atoms with Gasteiger partial charge in [-0.1, -0.05) is 60.7 Å². The number of halogens is 1. The van der Waals surface area contributed by atoms with Gasteiger partial charge in [0.2, 0.25) is 0 Å². The molecule has 1 aliphatic heterocycles. The maximum atomic E-state index is 13.0. The highest BCUT2D eigenvalue weighted by atomic mass is 35.5. The van der Waals surface area contributed by atoms with Crippen LogP contribution in [0.25, 0.3) is 11.1 Å².